The Morgan fingerprint density at radius 1 is 1.31 bits per heavy atom. The van der Waals surface area contributed by atoms with Gasteiger partial charge in [-0.15, -0.1) is 0 Å². The first-order chi connectivity index (χ1) is 5.98. The average molecular weight is 191 g/mol. The second kappa shape index (κ2) is 2.61. The van der Waals surface area contributed by atoms with Crippen molar-refractivity contribution in [2.45, 2.75) is 33.0 Å². The molecule has 13 heavy (non-hydrogen) atoms. The Hall–Kier alpha value is -0.763. The van der Waals surface area contributed by atoms with Gasteiger partial charge in [-0.25, -0.2) is 0 Å². The summed E-state index contributed by atoms with van der Waals surface area (Å²) < 4.78 is 2.50. The first-order valence-electron chi connectivity index (χ1n) is 4.86. The van der Waals surface area contributed by atoms with Crippen LogP contribution in [0.1, 0.15) is 18.2 Å². The molecular formula is C11H17NSi. The predicted octanol–water partition coefficient (Wildman–Crippen LogP) is 3.13. The second-order valence-electron chi connectivity index (χ2n) is 4.93. The van der Waals surface area contributed by atoms with E-state index < -0.39 is 8.24 Å². The van der Waals surface area contributed by atoms with Gasteiger partial charge in [0.15, 0.2) is 8.24 Å². The standard InChI is InChI=1S/C11H17NSi/c1-9-7-10-5-6-12(11(10)8-9)13(2,3)4/h5-6,8H,7H2,1-4H3. The molecule has 2 heteroatoms. The van der Waals surface area contributed by atoms with Gasteiger partial charge in [-0.05, 0) is 37.2 Å². The molecular weight excluding hydrogens is 174 g/mol. The molecule has 0 atom stereocenters. The first kappa shape index (κ1) is 8.82. The van der Waals surface area contributed by atoms with Gasteiger partial charge in [0.25, 0.3) is 0 Å². The van der Waals surface area contributed by atoms with Gasteiger partial charge < -0.3 is 4.23 Å². The molecule has 2 rings (SSSR count). The van der Waals surface area contributed by atoms with Crippen molar-refractivity contribution in [3.8, 4) is 0 Å². The molecule has 0 saturated heterocycles. The van der Waals surface area contributed by atoms with Gasteiger partial charge in [0, 0.05) is 5.69 Å². The lowest BCUT2D eigenvalue weighted by Gasteiger charge is -2.20. The average Bonchev–Trinajstić information content (AvgIpc) is 2.41. The SMILES string of the molecule is CC1=Cc2c(ccn2[Si](C)(C)C)C1. The summed E-state index contributed by atoms with van der Waals surface area (Å²) in [6.07, 6.45) is 5.76. The van der Waals surface area contributed by atoms with Crippen molar-refractivity contribution in [1.82, 2.24) is 4.23 Å². The van der Waals surface area contributed by atoms with E-state index in [1.165, 1.54) is 16.8 Å². The summed E-state index contributed by atoms with van der Waals surface area (Å²) in [5.41, 5.74) is 4.48. The molecule has 0 unspecified atom stereocenters. The summed E-state index contributed by atoms with van der Waals surface area (Å²) in [6.45, 7) is 9.37. The van der Waals surface area contributed by atoms with E-state index in [4.69, 9.17) is 0 Å². The smallest absolute Gasteiger partial charge is 0.152 e. The largest absolute Gasteiger partial charge is 0.375 e. The van der Waals surface area contributed by atoms with Crippen LogP contribution in [0, 0.1) is 0 Å². The third-order valence-electron chi connectivity index (χ3n) is 2.59. The highest BCUT2D eigenvalue weighted by molar-refractivity contribution is 6.74. The highest BCUT2D eigenvalue weighted by atomic mass is 28.3. The number of hydrogen-bond acceptors (Lipinski definition) is 0. The van der Waals surface area contributed by atoms with Crippen LogP contribution in [0.3, 0.4) is 0 Å². The topological polar surface area (TPSA) is 4.93 Å². The van der Waals surface area contributed by atoms with E-state index in [1.807, 2.05) is 0 Å². The molecule has 0 saturated carbocycles. The van der Waals surface area contributed by atoms with Crippen molar-refractivity contribution in [2.75, 3.05) is 0 Å². The van der Waals surface area contributed by atoms with E-state index in [0.717, 1.165) is 6.42 Å². The van der Waals surface area contributed by atoms with Crippen LogP contribution in [0.25, 0.3) is 6.08 Å². The van der Waals surface area contributed by atoms with E-state index >= 15 is 0 Å². The van der Waals surface area contributed by atoms with Crippen molar-refractivity contribution in [3.05, 3.63) is 29.1 Å². The minimum Gasteiger partial charge on any atom is -0.375 e. The van der Waals surface area contributed by atoms with E-state index in [1.54, 1.807) is 0 Å². The molecule has 0 bridgehead atoms. The van der Waals surface area contributed by atoms with Gasteiger partial charge >= 0.3 is 0 Å². The van der Waals surface area contributed by atoms with Gasteiger partial charge in [-0.2, -0.15) is 0 Å². The van der Waals surface area contributed by atoms with Crippen LogP contribution in [0.15, 0.2) is 17.8 Å². The molecule has 1 heterocycles. The molecule has 0 amide bonds. The molecule has 1 aromatic rings. The highest BCUT2D eigenvalue weighted by Gasteiger charge is 2.22. The van der Waals surface area contributed by atoms with Crippen molar-refractivity contribution in [1.29, 1.82) is 0 Å². The molecule has 0 fully saturated rings. The van der Waals surface area contributed by atoms with Gasteiger partial charge in [-0.3, -0.25) is 0 Å². The van der Waals surface area contributed by atoms with Crippen LogP contribution in [-0.4, -0.2) is 12.5 Å². The van der Waals surface area contributed by atoms with E-state index in [9.17, 15) is 0 Å². The minimum absolute atomic E-state index is 1.16. The minimum atomic E-state index is -1.20. The van der Waals surface area contributed by atoms with Crippen LogP contribution in [0.5, 0.6) is 0 Å². The van der Waals surface area contributed by atoms with Crippen LogP contribution in [-0.2, 0) is 6.42 Å². The Balaban J connectivity index is 2.52. The first-order valence-corrected chi connectivity index (χ1v) is 8.31. The van der Waals surface area contributed by atoms with Gasteiger partial charge in [-0.1, -0.05) is 25.2 Å². The fourth-order valence-electron chi connectivity index (χ4n) is 1.97. The number of rotatable bonds is 1. The third-order valence-corrected chi connectivity index (χ3v) is 4.42. The lowest BCUT2D eigenvalue weighted by atomic mass is 10.2. The van der Waals surface area contributed by atoms with E-state index in [-0.39, 0.29) is 0 Å². The van der Waals surface area contributed by atoms with Crippen LogP contribution >= 0.6 is 0 Å². The molecule has 0 radical (unpaired) electrons. The number of nitrogens with zero attached hydrogens (tertiary/aromatic N) is 1. The summed E-state index contributed by atoms with van der Waals surface area (Å²) in [6, 6.07) is 2.28. The maximum atomic E-state index is 2.50. The molecule has 70 valence electrons. The molecule has 0 aromatic carbocycles. The summed E-state index contributed by atoms with van der Waals surface area (Å²) in [4.78, 5) is 0. The summed E-state index contributed by atoms with van der Waals surface area (Å²) in [5.74, 6) is 0. The maximum Gasteiger partial charge on any atom is 0.152 e. The molecule has 1 nitrogen and oxygen atoms in total. The Kier molecular flexibility index (Phi) is 1.77. The van der Waals surface area contributed by atoms with Crippen LogP contribution in [0.2, 0.25) is 19.6 Å². The molecule has 1 aliphatic rings. The van der Waals surface area contributed by atoms with E-state index in [0.29, 0.717) is 0 Å². The van der Waals surface area contributed by atoms with Crippen molar-refractivity contribution >= 4 is 14.3 Å². The number of aromatic nitrogens is 1. The Bertz CT molecular complexity index is 366. The van der Waals surface area contributed by atoms with Crippen molar-refractivity contribution in [2.24, 2.45) is 0 Å². The molecule has 0 spiro atoms. The van der Waals surface area contributed by atoms with Gasteiger partial charge in [0.1, 0.15) is 0 Å². The van der Waals surface area contributed by atoms with Gasteiger partial charge in [0.05, 0.1) is 0 Å². The molecule has 1 aromatic heterocycles. The number of hydrogen-bond donors (Lipinski definition) is 0. The summed E-state index contributed by atoms with van der Waals surface area (Å²) >= 11 is 0. The Morgan fingerprint density at radius 3 is 2.62 bits per heavy atom. The lowest BCUT2D eigenvalue weighted by molar-refractivity contribution is 1.12. The fraction of sp³-hybridized carbons (Fsp3) is 0.455. The second-order valence-corrected chi connectivity index (χ2v) is 9.76. The summed E-state index contributed by atoms with van der Waals surface area (Å²) in [5, 5.41) is 0. The van der Waals surface area contributed by atoms with Crippen molar-refractivity contribution in [3.63, 3.8) is 0 Å². The zero-order valence-electron chi connectivity index (χ0n) is 8.89. The van der Waals surface area contributed by atoms with Crippen molar-refractivity contribution < 1.29 is 0 Å². The van der Waals surface area contributed by atoms with E-state index in [2.05, 4.69) is 49.1 Å². The third kappa shape index (κ3) is 1.39. The molecule has 0 aliphatic heterocycles. The van der Waals surface area contributed by atoms with Crippen LogP contribution < -0.4 is 0 Å². The Morgan fingerprint density at radius 2 is 2.00 bits per heavy atom. The maximum absolute atomic E-state index is 2.50. The lowest BCUT2D eigenvalue weighted by Crippen LogP contribution is -2.32. The zero-order valence-corrected chi connectivity index (χ0v) is 9.89. The monoisotopic (exact) mass is 191 g/mol. The molecule has 1 aliphatic carbocycles. The number of fused-ring (bicyclic) bond motifs is 1. The fourth-order valence-corrected chi connectivity index (χ4v) is 3.42. The predicted molar refractivity (Wildman–Crippen MR) is 60.5 cm³/mol. The Labute approximate surface area is 81.2 Å². The quantitative estimate of drug-likeness (QED) is 0.601. The number of allylic oxidation sites excluding steroid dienone is 1. The normalized spacial score (nSPS) is 15.8. The van der Waals surface area contributed by atoms with Gasteiger partial charge in [0.2, 0.25) is 0 Å². The van der Waals surface area contributed by atoms with Crippen LogP contribution in [0.4, 0.5) is 0 Å². The summed E-state index contributed by atoms with van der Waals surface area (Å²) in [7, 11) is -1.20. The molecule has 0 N–H and O–H groups in total. The highest BCUT2D eigenvalue weighted by Crippen LogP contribution is 2.27. The zero-order chi connectivity index (χ0) is 9.64.